The Bertz CT molecular complexity index is 910. The molecule has 0 unspecified atom stereocenters. The van der Waals surface area contributed by atoms with Gasteiger partial charge in [0, 0.05) is 10.5 Å². The normalized spacial score (nSPS) is 16.4. The quantitative estimate of drug-likeness (QED) is 0.921. The first-order chi connectivity index (χ1) is 11.2. The molecule has 2 aromatic rings. The topological polar surface area (TPSA) is 46.2 Å². The number of ketones is 1. The van der Waals surface area contributed by atoms with E-state index in [1.54, 1.807) is 0 Å². The van der Waals surface area contributed by atoms with Gasteiger partial charge in [-0.25, -0.2) is 0 Å². The first-order valence-corrected chi connectivity index (χ1v) is 8.48. The number of carbonyl (C=O) groups is 2. The van der Waals surface area contributed by atoms with Crippen molar-refractivity contribution in [1.29, 1.82) is 0 Å². The lowest BCUT2D eigenvalue weighted by Gasteiger charge is -2.19. The van der Waals surface area contributed by atoms with E-state index < -0.39 is 0 Å². The van der Waals surface area contributed by atoms with Gasteiger partial charge in [-0.1, -0.05) is 54.6 Å². The molecule has 4 heteroatoms. The molecule has 0 aromatic heterocycles. The zero-order valence-electron chi connectivity index (χ0n) is 12.4. The van der Waals surface area contributed by atoms with Gasteiger partial charge in [0.25, 0.3) is 5.91 Å². The van der Waals surface area contributed by atoms with Gasteiger partial charge in [-0.3, -0.25) is 9.59 Å². The Morgan fingerprint density at radius 1 is 0.826 bits per heavy atom. The lowest BCUT2D eigenvalue weighted by molar-refractivity contribution is -0.115. The van der Waals surface area contributed by atoms with Crippen LogP contribution >= 0.6 is 11.8 Å². The van der Waals surface area contributed by atoms with Crippen molar-refractivity contribution in [3.63, 3.8) is 0 Å². The fraction of sp³-hybridized carbons (Fsp3) is 0.0526. The fourth-order valence-electron chi connectivity index (χ4n) is 3.10. The molecule has 1 aliphatic carbocycles. The minimum atomic E-state index is -0.203. The summed E-state index contributed by atoms with van der Waals surface area (Å²) in [5, 5.41) is 2.89. The summed E-state index contributed by atoms with van der Waals surface area (Å²) < 4.78 is 0. The number of amides is 1. The van der Waals surface area contributed by atoms with Gasteiger partial charge in [0.05, 0.1) is 16.8 Å². The minimum Gasteiger partial charge on any atom is -0.321 e. The van der Waals surface area contributed by atoms with E-state index in [1.807, 2.05) is 60.9 Å². The zero-order valence-corrected chi connectivity index (χ0v) is 13.2. The smallest absolute Gasteiger partial charge is 0.257 e. The summed E-state index contributed by atoms with van der Waals surface area (Å²) in [7, 11) is 0. The Kier molecular flexibility index (Phi) is 3.20. The van der Waals surface area contributed by atoms with Crippen molar-refractivity contribution in [2.45, 2.75) is 0 Å². The van der Waals surface area contributed by atoms with Crippen LogP contribution in [0.2, 0.25) is 0 Å². The van der Waals surface area contributed by atoms with Crippen molar-refractivity contribution in [3.05, 3.63) is 82.4 Å². The van der Waals surface area contributed by atoms with Crippen LogP contribution in [0.3, 0.4) is 0 Å². The van der Waals surface area contributed by atoms with Gasteiger partial charge in [-0.15, -0.1) is 11.8 Å². The average Bonchev–Trinajstić information content (AvgIpc) is 2.94. The summed E-state index contributed by atoms with van der Waals surface area (Å²) in [6, 6.07) is 17.0. The number of rotatable bonds is 2. The number of hydrogen-bond acceptors (Lipinski definition) is 3. The summed E-state index contributed by atoms with van der Waals surface area (Å²) in [5.74, 6) is -0.295. The van der Waals surface area contributed by atoms with Crippen LogP contribution < -0.4 is 5.32 Å². The second-order valence-corrected chi connectivity index (χ2v) is 6.17. The van der Waals surface area contributed by atoms with Crippen LogP contribution in [0.25, 0.3) is 10.6 Å². The Morgan fingerprint density at radius 3 is 2.17 bits per heavy atom. The summed E-state index contributed by atoms with van der Waals surface area (Å²) in [4.78, 5) is 26.4. The van der Waals surface area contributed by atoms with Gasteiger partial charge in [0.15, 0.2) is 5.78 Å². The van der Waals surface area contributed by atoms with Gasteiger partial charge in [-0.2, -0.15) is 0 Å². The second kappa shape index (κ2) is 5.25. The molecule has 1 heterocycles. The van der Waals surface area contributed by atoms with Crippen molar-refractivity contribution >= 4 is 34.1 Å². The number of Topliss-reactive ketones (excluding diaryl/α,β-unsaturated/α-hetero) is 1. The van der Waals surface area contributed by atoms with E-state index in [2.05, 4.69) is 5.32 Å². The molecule has 1 amide bonds. The third-order valence-corrected chi connectivity index (χ3v) is 4.93. The van der Waals surface area contributed by atoms with Crippen LogP contribution in [0, 0.1) is 0 Å². The SMILES string of the molecule is CSC1=C2C(=O)NC(c3ccccc3)=C2C(=O)c2ccccc21. The highest BCUT2D eigenvalue weighted by atomic mass is 32.2. The lowest BCUT2D eigenvalue weighted by Crippen LogP contribution is -2.18. The molecule has 0 saturated carbocycles. The van der Waals surface area contributed by atoms with Crippen LogP contribution in [0.15, 0.2) is 65.7 Å². The van der Waals surface area contributed by atoms with E-state index in [1.165, 1.54) is 11.8 Å². The van der Waals surface area contributed by atoms with Gasteiger partial charge < -0.3 is 5.32 Å². The van der Waals surface area contributed by atoms with Crippen LogP contribution in [0.1, 0.15) is 21.5 Å². The molecular weight excluding hydrogens is 306 g/mol. The fourth-order valence-corrected chi connectivity index (χ4v) is 3.90. The number of fused-ring (bicyclic) bond motifs is 2. The number of benzene rings is 2. The van der Waals surface area contributed by atoms with Gasteiger partial charge in [0.2, 0.25) is 0 Å². The first kappa shape index (κ1) is 14.0. The molecule has 1 N–H and O–H groups in total. The summed E-state index contributed by atoms with van der Waals surface area (Å²) in [5.41, 5.74) is 3.94. The van der Waals surface area contributed by atoms with Crippen molar-refractivity contribution < 1.29 is 9.59 Å². The van der Waals surface area contributed by atoms with Crippen LogP contribution in [-0.2, 0) is 4.79 Å². The number of hydrogen-bond donors (Lipinski definition) is 1. The predicted octanol–water partition coefficient (Wildman–Crippen LogP) is 3.50. The number of nitrogens with one attached hydrogen (secondary N) is 1. The lowest BCUT2D eigenvalue weighted by atomic mass is 9.86. The first-order valence-electron chi connectivity index (χ1n) is 7.26. The van der Waals surface area contributed by atoms with E-state index >= 15 is 0 Å². The van der Waals surface area contributed by atoms with E-state index in [9.17, 15) is 9.59 Å². The highest BCUT2D eigenvalue weighted by molar-refractivity contribution is 8.07. The molecule has 2 aliphatic rings. The highest BCUT2D eigenvalue weighted by Crippen LogP contribution is 2.44. The molecule has 112 valence electrons. The molecule has 0 spiro atoms. The predicted molar refractivity (Wildman–Crippen MR) is 92.7 cm³/mol. The van der Waals surface area contributed by atoms with Crippen molar-refractivity contribution in [1.82, 2.24) is 5.32 Å². The Morgan fingerprint density at radius 2 is 1.48 bits per heavy atom. The van der Waals surface area contributed by atoms with Gasteiger partial charge in [-0.05, 0) is 17.4 Å². The molecule has 0 atom stereocenters. The molecule has 2 aromatic carbocycles. The molecule has 0 radical (unpaired) electrons. The standard InChI is InChI=1S/C19H13NO2S/c1-23-18-13-10-6-5-9-12(13)17(21)14-15(18)19(22)20-16(14)11-7-3-2-4-8-11/h2-10H,1H3,(H,20,22). The molecule has 3 nitrogen and oxygen atoms in total. The zero-order chi connectivity index (χ0) is 16.0. The number of carbonyl (C=O) groups excluding carboxylic acids is 2. The molecule has 1 aliphatic heterocycles. The van der Waals surface area contributed by atoms with Crippen LogP contribution in [0.5, 0.6) is 0 Å². The molecule has 0 bridgehead atoms. The third-order valence-electron chi connectivity index (χ3n) is 4.10. The van der Waals surface area contributed by atoms with Crippen LogP contribution in [0.4, 0.5) is 0 Å². The minimum absolute atomic E-state index is 0.0920. The van der Waals surface area contributed by atoms with Crippen molar-refractivity contribution in [2.24, 2.45) is 0 Å². The van der Waals surface area contributed by atoms with E-state index in [0.717, 1.165) is 16.0 Å². The maximum absolute atomic E-state index is 13.0. The van der Waals surface area contributed by atoms with E-state index in [4.69, 9.17) is 0 Å². The molecule has 0 fully saturated rings. The van der Waals surface area contributed by atoms with E-state index in [-0.39, 0.29) is 11.7 Å². The average molecular weight is 319 g/mol. The monoisotopic (exact) mass is 319 g/mol. The molecule has 4 rings (SSSR count). The van der Waals surface area contributed by atoms with E-state index in [0.29, 0.717) is 22.4 Å². The highest BCUT2D eigenvalue weighted by Gasteiger charge is 2.39. The Hall–Kier alpha value is -2.59. The molecule has 23 heavy (non-hydrogen) atoms. The maximum atomic E-state index is 13.0. The number of thioether (sulfide) groups is 1. The van der Waals surface area contributed by atoms with Crippen molar-refractivity contribution in [2.75, 3.05) is 6.26 Å². The third kappa shape index (κ3) is 1.99. The van der Waals surface area contributed by atoms with Gasteiger partial charge >= 0.3 is 0 Å². The van der Waals surface area contributed by atoms with Gasteiger partial charge in [0.1, 0.15) is 0 Å². The molecule has 0 saturated heterocycles. The summed E-state index contributed by atoms with van der Waals surface area (Å²) >= 11 is 1.50. The summed E-state index contributed by atoms with van der Waals surface area (Å²) in [6.45, 7) is 0. The Balaban J connectivity index is 2.05. The largest absolute Gasteiger partial charge is 0.321 e. The molecular formula is C19H13NO2S. The maximum Gasteiger partial charge on any atom is 0.257 e. The van der Waals surface area contributed by atoms with Crippen molar-refractivity contribution in [3.8, 4) is 0 Å². The second-order valence-electron chi connectivity index (χ2n) is 5.35. The van der Waals surface area contributed by atoms with Crippen LogP contribution in [-0.4, -0.2) is 17.9 Å². The summed E-state index contributed by atoms with van der Waals surface area (Å²) in [6.07, 6.45) is 1.93. The Labute approximate surface area is 138 Å².